The Labute approximate surface area is 128 Å². The monoisotopic (exact) mass is 288 g/mol. The van der Waals surface area contributed by atoms with Gasteiger partial charge in [-0.25, -0.2) is 0 Å². The highest BCUT2D eigenvalue weighted by atomic mass is 16.1. The quantitative estimate of drug-likeness (QED) is 0.670. The number of ketones is 2. The zero-order valence-electron chi connectivity index (χ0n) is 13.5. The number of fused-ring (bicyclic) bond motifs is 5. The van der Waals surface area contributed by atoms with Crippen molar-refractivity contribution in [1.82, 2.24) is 0 Å². The molecule has 4 aliphatic rings. The summed E-state index contributed by atoms with van der Waals surface area (Å²) in [5.41, 5.74) is 0.676. The molecule has 0 saturated heterocycles. The minimum atomic E-state index is 0.298. The van der Waals surface area contributed by atoms with Gasteiger partial charge in [0.25, 0.3) is 0 Å². The van der Waals surface area contributed by atoms with E-state index in [0.29, 0.717) is 34.2 Å². The van der Waals surface area contributed by atoms with E-state index in [1.807, 2.05) is 0 Å². The Balaban J connectivity index is 1.65. The standard InChI is InChI=1S/C19H28O2/c1-18-7-6-16-15(17(18)10-14(21)11-18)4-3-12-9-13(20)5-8-19(12,16)2/h12,15-17H,3-11H2,1-2H3/t12?,15-,16+,17+,18-,19+/m1/s1. The molecule has 0 aromatic rings. The van der Waals surface area contributed by atoms with Crippen LogP contribution < -0.4 is 0 Å². The molecule has 0 aromatic carbocycles. The van der Waals surface area contributed by atoms with Crippen molar-refractivity contribution < 1.29 is 9.59 Å². The number of Topliss-reactive ketones (excluding diaryl/α,β-unsaturated/α-hetero) is 2. The van der Waals surface area contributed by atoms with E-state index in [1.165, 1.54) is 25.7 Å². The Bertz CT molecular complexity index is 496. The first-order valence-electron chi connectivity index (χ1n) is 8.96. The van der Waals surface area contributed by atoms with E-state index in [-0.39, 0.29) is 0 Å². The first-order valence-corrected chi connectivity index (χ1v) is 8.96. The molecule has 4 rings (SSSR count). The van der Waals surface area contributed by atoms with E-state index in [9.17, 15) is 9.59 Å². The Morgan fingerprint density at radius 2 is 1.71 bits per heavy atom. The van der Waals surface area contributed by atoms with Crippen LogP contribution in [-0.4, -0.2) is 11.6 Å². The second-order valence-electron chi connectivity index (χ2n) is 9.01. The lowest BCUT2D eigenvalue weighted by molar-refractivity contribution is -0.137. The van der Waals surface area contributed by atoms with Crippen LogP contribution >= 0.6 is 0 Å². The van der Waals surface area contributed by atoms with Crippen molar-refractivity contribution in [2.24, 2.45) is 34.5 Å². The maximum Gasteiger partial charge on any atom is 0.133 e. The van der Waals surface area contributed by atoms with Crippen LogP contribution in [0, 0.1) is 34.5 Å². The van der Waals surface area contributed by atoms with E-state index in [1.54, 1.807) is 0 Å². The molecule has 0 aliphatic heterocycles. The second-order valence-corrected chi connectivity index (χ2v) is 9.01. The van der Waals surface area contributed by atoms with E-state index in [4.69, 9.17) is 0 Å². The van der Waals surface area contributed by atoms with E-state index >= 15 is 0 Å². The van der Waals surface area contributed by atoms with Gasteiger partial charge in [0.2, 0.25) is 0 Å². The van der Waals surface area contributed by atoms with Gasteiger partial charge in [-0.2, -0.15) is 0 Å². The predicted molar refractivity (Wildman–Crippen MR) is 81.7 cm³/mol. The minimum absolute atomic E-state index is 0.298. The fraction of sp³-hybridized carbons (Fsp3) is 0.895. The van der Waals surface area contributed by atoms with E-state index < -0.39 is 0 Å². The van der Waals surface area contributed by atoms with Gasteiger partial charge in [0.1, 0.15) is 11.6 Å². The largest absolute Gasteiger partial charge is 0.300 e. The molecule has 6 atom stereocenters. The zero-order chi connectivity index (χ0) is 14.8. The number of carbonyl (C=O) groups is 2. The number of rotatable bonds is 0. The first kappa shape index (κ1) is 14.0. The van der Waals surface area contributed by atoms with Gasteiger partial charge in [0.15, 0.2) is 0 Å². The van der Waals surface area contributed by atoms with Gasteiger partial charge in [-0.15, -0.1) is 0 Å². The fourth-order valence-corrected chi connectivity index (χ4v) is 6.82. The molecule has 4 fully saturated rings. The van der Waals surface area contributed by atoms with Crippen LogP contribution in [0.1, 0.15) is 71.6 Å². The number of hydrogen-bond donors (Lipinski definition) is 0. The topological polar surface area (TPSA) is 34.1 Å². The predicted octanol–water partition coefficient (Wildman–Crippen LogP) is 4.17. The Hall–Kier alpha value is -0.660. The Kier molecular flexibility index (Phi) is 2.94. The fourth-order valence-electron chi connectivity index (χ4n) is 6.82. The Morgan fingerprint density at radius 3 is 2.52 bits per heavy atom. The van der Waals surface area contributed by atoms with Crippen molar-refractivity contribution in [2.75, 3.05) is 0 Å². The maximum absolute atomic E-state index is 12.1. The molecule has 0 aromatic heterocycles. The molecule has 0 bridgehead atoms. The SMILES string of the molecule is C[C@]12CC[C@H]3[C@@H](CCC4CC(=O)CC[C@@]43C)[C@@H]1CC(=O)C2. The van der Waals surface area contributed by atoms with Gasteiger partial charge in [0, 0.05) is 25.7 Å². The van der Waals surface area contributed by atoms with E-state index in [0.717, 1.165) is 43.9 Å². The van der Waals surface area contributed by atoms with Crippen LogP contribution in [0.3, 0.4) is 0 Å². The molecule has 4 aliphatic carbocycles. The highest BCUT2D eigenvalue weighted by Crippen LogP contribution is 2.65. The number of hydrogen-bond acceptors (Lipinski definition) is 2. The summed E-state index contributed by atoms with van der Waals surface area (Å²) in [5.74, 6) is 3.79. The minimum Gasteiger partial charge on any atom is -0.300 e. The summed E-state index contributed by atoms with van der Waals surface area (Å²) >= 11 is 0. The highest BCUT2D eigenvalue weighted by Gasteiger charge is 2.59. The zero-order valence-corrected chi connectivity index (χ0v) is 13.5. The molecule has 0 radical (unpaired) electrons. The van der Waals surface area contributed by atoms with Gasteiger partial charge in [-0.1, -0.05) is 13.8 Å². The molecule has 0 amide bonds. The third-order valence-corrected chi connectivity index (χ3v) is 8.05. The van der Waals surface area contributed by atoms with Crippen molar-refractivity contribution in [3.63, 3.8) is 0 Å². The van der Waals surface area contributed by atoms with Crippen LogP contribution in [-0.2, 0) is 9.59 Å². The van der Waals surface area contributed by atoms with Crippen LogP contribution in [0.15, 0.2) is 0 Å². The summed E-state index contributed by atoms with van der Waals surface area (Å²) in [6, 6.07) is 0. The van der Waals surface area contributed by atoms with Gasteiger partial charge >= 0.3 is 0 Å². The summed E-state index contributed by atoms with van der Waals surface area (Å²) < 4.78 is 0. The molecular weight excluding hydrogens is 260 g/mol. The average Bonchev–Trinajstić information content (AvgIpc) is 2.74. The third-order valence-electron chi connectivity index (χ3n) is 8.05. The molecular formula is C19H28O2. The lowest BCUT2D eigenvalue weighted by Crippen LogP contribution is -2.52. The van der Waals surface area contributed by atoms with Crippen LogP contribution in [0.25, 0.3) is 0 Å². The Morgan fingerprint density at radius 1 is 0.905 bits per heavy atom. The van der Waals surface area contributed by atoms with E-state index in [2.05, 4.69) is 13.8 Å². The summed E-state index contributed by atoms with van der Waals surface area (Å²) in [7, 11) is 0. The van der Waals surface area contributed by atoms with Crippen LogP contribution in [0.5, 0.6) is 0 Å². The molecule has 1 unspecified atom stereocenters. The summed E-state index contributed by atoms with van der Waals surface area (Å²) in [4.78, 5) is 23.9. The number of carbonyl (C=O) groups excluding carboxylic acids is 2. The van der Waals surface area contributed by atoms with Crippen LogP contribution in [0.2, 0.25) is 0 Å². The summed E-state index contributed by atoms with van der Waals surface area (Å²) in [6.45, 7) is 4.85. The average molecular weight is 288 g/mol. The van der Waals surface area contributed by atoms with Crippen LogP contribution in [0.4, 0.5) is 0 Å². The lowest BCUT2D eigenvalue weighted by atomic mass is 9.45. The van der Waals surface area contributed by atoms with Gasteiger partial charge < -0.3 is 0 Å². The van der Waals surface area contributed by atoms with Crippen molar-refractivity contribution in [2.45, 2.75) is 71.6 Å². The van der Waals surface area contributed by atoms with Gasteiger partial charge in [-0.3, -0.25) is 9.59 Å². The van der Waals surface area contributed by atoms with Crippen molar-refractivity contribution in [1.29, 1.82) is 0 Å². The van der Waals surface area contributed by atoms with Gasteiger partial charge in [0.05, 0.1) is 0 Å². The molecule has 0 N–H and O–H groups in total. The third kappa shape index (κ3) is 1.90. The van der Waals surface area contributed by atoms with Gasteiger partial charge in [-0.05, 0) is 66.6 Å². The summed E-state index contributed by atoms with van der Waals surface area (Å²) in [5, 5.41) is 0. The molecule has 0 heterocycles. The normalized spacial score (nSPS) is 53.0. The highest BCUT2D eigenvalue weighted by molar-refractivity contribution is 5.82. The smallest absolute Gasteiger partial charge is 0.133 e. The first-order chi connectivity index (χ1) is 9.92. The maximum atomic E-state index is 12.1. The summed E-state index contributed by atoms with van der Waals surface area (Å²) in [6.07, 6.45) is 9.45. The molecule has 4 saturated carbocycles. The molecule has 2 nitrogen and oxygen atoms in total. The molecule has 2 heteroatoms. The van der Waals surface area contributed by atoms with Crippen molar-refractivity contribution in [3.8, 4) is 0 Å². The van der Waals surface area contributed by atoms with Crippen molar-refractivity contribution in [3.05, 3.63) is 0 Å². The van der Waals surface area contributed by atoms with Crippen molar-refractivity contribution >= 4 is 11.6 Å². The second kappa shape index (κ2) is 4.43. The lowest BCUT2D eigenvalue weighted by Gasteiger charge is -2.59. The molecule has 0 spiro atoms. The molecule has 21 heavy (non-hydrogen) atoms. The molecule has 116 valence electrons.